The number of rotatable bonds is 10. The van der Waals surface area contributed by atoms with Gasteiger partial charge in [-0.25, -0.2) is 0 Å². The predicted molar refractivity (Wildman–Crippen MR) is 97.2 cm³/mol. The first-order valence-corrected chi connectivity index (χ1v) is 9.03. The topological polar surface area (TPSA) is 84.7 Å². The minimum absolute atomic E-state index is 0.0172. The average Bonchev–Trinajstić information content (AvgIpc) is 3.13. The molecule has 1 aromatic rings. The molecule has 1 fully saturated rings. The highest BCUT2D eigenvalue weighted by atomic mass is 16.5. The normalized spacial score (nSPS) is 15.7. The zero-order chi connectivity index (χ0) is 18.1. The van der Waals surface area contributed by atoms with E-state index < -0.39 is 0 Å². The molecule has 2 rings (SSSR count). The summed E-state index contributed by atoms with van der Waals surface area (Å²) >= 11 is 0. The van der Waals surface area contributed by atoms with Crippen molar-refractivity contribution in [2.24, 2.45) is 5.73 Å². The van der Waals surface area contributed by atoms with Crippen LogP contribution in [0.4, 0.5) is 0 Å². The third kappa shape index (κ3) is 6.05. The van der Waals surface area contributed by atoms with Gasteiger partial charge in [-0.15, -0.1) is 0 Å². The number of nitrogens with one attached hydrogen (secondary N) is 1. The van der Waals surface area contributed by atoms with Crippen molar-refractivity contribution in [2.45, 2.75) is 44.6 Å². The molecule has 1 atom stereocenters. The maximum atomic E-state index is 12.1. The maximum absolute atomic E-state index is 12.1. The van der Waals surface area contributed by atoms with Crippen molar-refractivity contribution in [1.82, 2.24) is 10.2 Å². The molecule has 0 radical (unpaired) electrons. The van der Waals surface area contributed by atoms with Gasteiger partial charge in [-0.2, -0.15) is 0 Å². The molecular weight excluding hydrogens is 318 g/mol. The lowest BCUT2D eigenvalue weighted by atomic mass is 10.0. The summed E-state index contributed by atoms with van der Waals surface area (Å²) in [6, 6.07) is 8.12. The Balaban J connectivity index is 1.93. The number of carbonyl (C=O) groups excluding carboxylic acids is 2. The highest BCUT2D eigenvalue weighted by Gasteiger charge is 2.26. The third-order valence-electron chi connectivity index (χ3n) is 4.65. The van der Waals surface area contributed by atoms with Gasteiger partial charge in [0.2, 0.25) is 11.8 Å². The lowest BCUT2D eigenvalue weighted by molar-refractivity contribution is -0.122. The van der Waals surface area contributed by atoms with Crippen LogP contribution in [0.2, 0.25) is 0 Å². The lowest BCUT2D eigenvalue weighted by Gasteiger charge is -2.29. The van der Waals surface area contributed by atoms with Crippen LogP contribution in [-0.2, 0) is 9.59 Å². The van der Waals surface area contributed by atoms with Gasteiger partial charge >= 0.3 is 0 Å². The van der Waals surface area contributed by atoms with Gasteiger partial charge < -0.3 is 15.8 Å². The number of primary amides is 1. The summed E-state index contributed by atoms with van der Waals surface area (Å²) in [6.45, 7) is 2.64. The fraction of sp³-hybridized carbons (Fsp3) is 0.579. The molecular formula is C19H29N3O3. The van der Waals surface area contributed by atoms with Gasteiger partial charge in [-0.3, -0.25) is 14.5 Å². The molecule has 0 bridgehead atoms. The second kappa shape index (κ2) is 10.0. The summed E-state index contributed by atoms with van der Waals surface area (Å²) in [7, 11) is 1.68. The first-order valence-electron chi connectivity index (χ1n) is 9.03. The Hall–Kier alpha value is -2.08. The van der Waals surface area contributed by atoms with E-state index in [1.807, 2.05) is 18.2 Å². The molecule has 1 unspecified atom stereocenters. The van der Waals surface area contributed by atoms with Gasteiger partial charge in [0.25, 0.3) is 0 Å². The standard InChI is InChI=1S/C19H29N3O3/c1-25-17-9-3-2-8-15(17)16(22-12-6-7-13-22)14-21-19(24)11-5-4-10-18(20)23/h2-3,8-9,16H,4-7,10-14H2,1H3,(H2,20,23)(H,21,24). The summed E-state index contributed by atoms with van der Waals surface area (Å²) < 4.78 is 5.51. The molecule has 6 heteroatoms. The van der Waals surface area contributed by atoms with Crippen molar-refractivity contribution in [3.05, 3.63) is 29.8 Å². The quantitative estimate of drug-likeness (QED) is 0.634. The molecule has 0 aliphatic carbocycles. The van der Waals surface area contributed by atoms with Gasteiger partial charge in [0, 0.05) is 24.9 Å². The first kappa shape index (κ1) is 19.2. The number of nitrogens with two attached hydrogens (primary N) is 1. The number of likely N-dealkylation sites (tertiary alicyclic amines) is 1. The van der Waals surface area contributed by atoms with Crippen molar-refractivity contribution < 1.29 is 14.3 Å². The number of hydrogen-bond donors (Lipinski definition) is 2. The van der Waals surface area contributed by atoms with E-state index in [9.17, 15) is 9.59 Å². The van der Waals surface area contributed by atoms with E-state index in [-0.39, 0.29) is 17.9 Å². The van der Waals surface area contributed by atoms with Crippen LogP contribution >= 0.6 is 0 Å². The summed E-state index contributed by atoms with van der Waals surface area (Å²) in [5, 5.41) is 3.05. The van der Waals surface area contributed by atoms with Crippen LogP contribution in [0.5, 0.6) is 5.75 Å². The molecule has 3 N–H and O–H groups in total. The Morgan fingerprint density at radius 3 is 2.56 bits per heavy atom. The van der Waals surface area contributed by atoms with Crippen LogP contribution < -0.4 is 15.8 Å². The second-order valence-electron chi connectivity index (χ2n) is 6.48. The van der Waals surface area contributed by atoms with Crippen LogP contribution in [0.15, 0.2) is 24.3 Å². The molecule has 0 spiro atoms. The third-order valence-corrected chi connectivity index (χ3v) is 4.65. The number of benzene rings is 1. The van der Waals surface area contributed by atoms with E-state index in [2.05, 4.69) is 16.3 Å². The highest BCUT2D eigenvalue weighted by Crippen LogP contribution is 2.31. The van der Waals surface area contributed by atoms with Gasteiger partial charge in [-0.1, -0.05) is 18.2 Å². The molecule has 1 aliphatic rings. The summed E-state index contributed by atoms with van der Waals surface area (Å²) in [4.78, 5) is 25.3. The summed E-state index contributed by atoms with van der Waals surface area (Å²) in [5.41, 5.74) is 6.22. The Labute approximate surface area is 149 Å². The number of hydrogen-bond acceptors (Lipinski definition) is 4. The minimum Gasteiger partial charge on any atom is -0.496 e. The van der Waals surface area contributed by atoms with E-state index in [1.54, 1.807) is 7.11 Å². The highest BCUT2D eigenvalue weighted by molar-refractivity contribution is 5.76. The molecule has 1 heterocycles. The molecule has 1 aliphatic heterocycles. The Morgan fingerprint density at radius 1 is 1.20 bits per heavy atom. The van der Waals surface area contributed by atoms with Gasteiger partial charge in [-0.05, 0) is 44.8 Å². The molecule has 138 valence electrons. The number of ether oxygens (including phenoxy) is 1. The van der Waals surface area contributed by atoms with Gasteiger partial charge in [0.15, 0.2) is 0 Å². The van der Waals surface area contributed by atoms with Crippen LogP contribution in [0.1, 0.15) is 50.1 Å². The smallest absolute Gasteiger partial charge is 0.220 e. The second-order valence-corrected chi connectivity index (χ2v) is 6.48. The number of methoxy groups -OCH3 is 1. The molecule has 0 saturated carbocycles. The molecule has 25 heavy (non-hydrogen) atoms. The SMILES string of the molecule is COc1ccccc1C(CNC(=O)CCCCC(N)=O)N1CCCC1. The van der Waals surface area contributed by atoms with Crippen LogP contribution in [-0.4, -0.2) is 43.5 Å². The van der Waals surface area contributed by atoms with Crippen molar-refractivity contribution in [1.29, 1.82) is 0 Å². The fourth-order valence-electron chi connectivity index (χ4n) is 3.31. The van der Waals surface area contributed by atoms with Crippen molar-refractivity contribution in [2.75, 3.05) is 26.7 Å². The summed E-state index contributed by atoms with van der Waals surface area (Å²) in [5.74, 6) is 0.560. The largest absolute Gasteiger partial charge is 0.496 e. The minimum atomic E-state index is -0.314. The van der Waals surface area contributed by atoms with E-state index >= 15 is 0 Å². The van der Waals surface area contributed by atoms with E-state index in [0.29, 0.717) is 32.2 Å². The Morgan fingerprint density at radius 2 is 1.88 bits per heavy atom. The zero-order valence-corrected chi connectivity index (χ0v) is 15.0. The monoisotopic (exact) mass is 347 g/mol. The van der Waals surface area contributed by atoms with Crippen molar-refractivity contribution >= 4 is 11.8 Å². The number of unbranched alkanes of at least 4 members (excludes halogenated alkanes) is 1. The number of nitrogens with zero attached hydrogens (tertiary/aromatic N) is 1. The van der Waals surface area contributed by atoms with Crippen molar-refractivity contribution in [3.8, 4) is 5.75 Å². The Bertz CT molecular complexity index is 571. The molecule has 1 saturated heterocycles. The van der Waals surface area contributed by atoms with E-state index in [1.165, 1.54) is 12.8 Å². The number of para-hydroxylation sites is 1. The van der Waals surface area contributed by atoms with E-state index in [0.717, 1.165) is 24.4 Å². The molecule has 2 amide bonds. The number of amides is 2. The molecule has 0 aromatic heterocycles. The fourth-order valence-corrected chi connectivity index (χ4v) is 3.31. The van der Waals surface area contributed by atoms with Crippen LogP contribution in [0.25, 0.3) is 0 Å². The predicted octanol–water partition coefficient (Wildman–Crippen LogP) is 1.99. The van der Waals surface area contributed by atoms with Crippen molar-refractivity contribution in [3.63, 3.8) is 0 Å². The first-order chi connectivity index (χ1) is 12.1. The van der Waals surface area contributed by atoms with Gasteiger partial charge in [0.1, 0.15) is 5.75 Å². The Kier molecular flexibility index (Phi) is 7.73. The van der Waals surface area contributed by atoms with E-state index in [4.69, 9.17) is 10.5 Å². The van der Waals surface area contributed by atoms with Gasteiger partial charge in [0.05, 0.1) is 13.2 Å². The maximum Gasteiger partial charge on any atom is 0.220 e. The van der Waals surface area contributed by atoms with Crippen LogP contribution in [0.3, 0.4) is 0 Å². The average molecular weight is 347 g/mol. The summed E-state index contributed by atoms with van der Waals surface area (Å²) in [6.07, 6.45) is 4.47. The zero-order valence-electron chi connectivity index (χ0n) is 15.0. The molecule has 6 nitrogen and oxygen atoms in total. The lowest BCUT2D eigenvalue weighted by Crippen LogP contribution is -2.37. The molecule has 1 aromatic carbocycles. The van der Waals surface area contributed by atoms with Crippen LogP contribution in [0, 0.1) is 0 Å². The number of carbonyl (C=O) groups is 2.